The second kappa shape index (κ2) is 5.22. The lowest BCUT2D eigenvalue weighted by Gasteiger charge is -2.39. The molecular formula is C14H22FN3. The van der Waals surface area contributed by atoms with Crippen LogP contribution in [-0.4, -0.2) is 25.1 Å². The Bertz CT molecular complexity index is 418. The van der Waals surface area contributed by atoms with Gasteiger partial charge in [-0.3, -0.25) is 0 Å². The Kier molecular flexibility index (Phi) is 3.85. The van der Waals surface area contributed by atoms with Crippen LogP contribution in [0.3, 0.4) is 0 Å². The number of nitrogens with zero attached hydrogens (tertiary/aromatic N) is 2. The monoisotopic (exact) mass is 251 g/mol. The van der Waals surface area contributed by atoms with Crippen LogP contribution in [0.2, 0.25) is 0 Å². The average molecular weight is 251 g/mol. The summed E-state index contributed by atoms with van der Waals surface area (Å²) < 4.78 is 13.3. The van der Waals surface area contributed by atoms with Crippen molar-refractivity contribution in [3.05, 3.63) is 23.6 Å². The molecule has 1 aliphatic rings. The molecule has 0 saturated carbocycles. The molecule has 0 amide bonds. The molecule has 0 aromatic carbocycles. The molecule has 0 bridgehead atoms. The Morgan fingerprint density at radius 2 is 2.28 bits per heavy atom. The summed E-state index contributed by atoms with van der Waals surface area (Å²) in [6.07, 6.45) is 3.73. The molecule has 0 radical (unpaired) electrons. The molecule has 4 heteroatoms. The van der Waals surface area contributed by atoms with Crippen LogP contribution in [-0.2, 0) is 6.54 Å². The highest BCUT2D eigenvalue weighted by Gasteiger charge is 2.28. The smallest absolute Gasteiger partial charge is 0.141 e. The second-order valence-corrected chi connectivity index (χ2v) is 5.86. The number of pyridine rings is 1. The molecule has 1 N–H and O–H groups in total. The van der Waals surface area contributed by atoms with Crippen LogP contribution in [0, 0.1) is 11.2 Å². The maximum absolute atomic E-state index is 13.3. The van der Waals surface area contributed by atoms with Gasteiger partial charge >= 0.3 is 0 Å². The van der Waals surface area contributed by atoms with Crippen molar-refractivity contribution in [2.45, 2.75) is 33.2 Å². The van der Waals surface area contributed by atoms with Crippen molar-refractivity contribution >= 4 is 5.82 Å². The van der Waals surface area contributed by atoms with Crippen molar-refractivity contribution in [2.24, 2.45) is 5.41 Å². The van der Waals surface area contributed by atoms with Gasteiger partial charge in [-0.2, -0.15) is 0 Å². The summed E-state index contributed by atoms with van der Waals surface area (Å²) in [5.74, 6) is 0.666. The van der Waals surface area contributed by atoms with E-state index in [-0.39, 0.29) is 5.82 Å². The van der Waals surface area contributed by atoms with E-state index in [4.69, 9.17) is 0 Å². The van der Waals surface area contributed by atoms with Crippen LogP contribution in [0.4, 0.5) is 10.2 Å². The SMILES string of the molecule is CNCc1cc(F)cnc1N1CCCC(C)(C)C1. The van der Waals surface area contributed by atoms with Gasteiger partial charge in [0.1, 0.15) is 11.6 Å². The summed E-state index contributed by atoms with van der Waals surface area (Å²) in [6.45, 7) is 7.21. The minimum atomic E-state index is -0.264. The highest BCUT2D eigenvalue weighted by atomic mass is 19.1. The molecule has 2 heterocycles. The molecule has 18 heavy (non-hydrogen) atoms. The van der Waals surface area contributed by atoms with Crippen molar-refractivity contribution in [1.29, 1.82) is 0 Å². The van der Waals surface area contributed by atoms with Gasteiger partial charge in [0, 0.05) is 25.2 Å². The predicted molar refractivity (Wildman–Crippen MR) is 72.2 cm³/mol. The quantitative estimate of drug-likeness (QED) is 0.895. The van der Waals surface area contributed by atoms with Crippen LogP contribution in [0.25, 0.3) is 0 Å². The van der Waals surface area contributed by atoms with E-state index >= 15 is 0 Å². The van der Waals surface area contributed by atoms with Crippen LogP contribution in [0.5, 0.6) is 0 Å². The van der Waals surface area contributed by atoms with Gasteiger partial charge < -0.3 is 10.2 Å². The van der Waals surface area contributed by atoms with E-state index in [1.807, 2.05) is 7.05 Å². The van der Waals surface area contributed by atoms with Gasteiger partial charge in [0.2, 0.25) is 0 Å². The van der Waals surface area contributed by atoms with Gasteiger partial charge in [0.25, 0.3) is 0 Å². The minimum absolute atomic E-state index is 0.264. The van der Waals surface area contributed by atoms with Crippen molar-refractivity contribution in [3.63, 3.8) is 0 Å². The number of piperidine rings is 1. The molecule has 1 aromatic heterocycles. The standard InChI is InChI=1S/C14H22FN3/c1-14(2)5-4-6-18(10-14)13-11(8-16-3)7-12(15)9-17-13/h7,9,16H,4-6,8,10H2,1-3H3. The average Bonchev–Trinajstić information content (AvgIpc) is 2.28. The van der Waals surface area contributed by atoms with Crippen LogP contribution >= 0.6 is 0 Å². The first-order valence-corrected chi connectivity index (χ1v) is 6.56. The number of halogens is 1. The van der Waals surface area contributed by atoms with E-state index in [0.29, 0.717) is 12.0 Å². The first-order valence-electron chi connectivity index (χ1n) is 6.56. The predicted octanol–water partition coefficient (Wildman–Crippen LogP) is 2.57. The summed E-state index contributed by atoms with van der Waals surface area (Å²) in [5, 5.41) is 3.08. The largest absolute Gasteiger partial charge is 0.356 e. The number of aromatic nitrogens is 1. The summed E-state index contributed by atoms with van der Waals surface area (Å²) >= 11 is 0. The van der Waals surface area contributed by atoms with Gasteiger partial charge in [-0.1, -0.05) is 13.8 Å². The van der Waals surface area contributed by atoms with E-state index in [2.05, 4.69) is 29.0 Å². The third kappa shape index (κ3) is 2.99. The summed E-state index contributed by atoms with van der Waals surface area (Å²) in [7, 11) is 1.87. The van der Waals surface area contributed by atoms with Gasteiger partial charge in [-0.25, -0.2) is 9.37 Å². The van der Waals surface area contributed by atoms with E-state index in [1.54, 1.807) is 6.07 Å². The lowest BCUT2D eigenvalue weighted by atomic mass is 9.84. The molecule has 1 aromatic rings. The fourth-order valence-electron chi connectivity index (χ4n) is 2.68. The number of hydrogen-bond donors (Lipinski definition) is 1. The first-order chi connectivity index (χ1) is 8.52. The molecule has 0 unspecified atom stereocenters. The summed E-state index contributed by atoms with van der Waals surface area (Å²) in [4.78, 5) is 6.58. The number of hydrogen-bond acceptors (Lipinski definition) is 3. The van der Waals surface area contributed by atoms with Gasteiger partial charge in [0.15, 0.2) is 0 Å². The Hall–Kier alpha value is -1.16. The maximum Gasteiger partial charge on any atom is 0.141 e. The molecule has 100 valence electrons. The summed E-state index contributed by atoms with van der Waals surface area (Å²) in [5.41, 5.74) is 1.25. The number of anilines is 1. The second-order valence-electron chi connectivity index (χ2n) is 5.86. The van der Waals surface area contributed by atoms with Crippen molar-refractivity contribution < 1.29 is 4.39 Å². The number of rotatable bonds is 3. The lowest BCUT2D eigenvalue weighted by Crippen LogP contribution is -2.41. The highest BCUT2D eigenvalue weighted by Crippen LogP contribution is 2.32. The Morgan fingerprint density at radius 3 is 2.94 bits per heavy atom. The zero-order valence-corrected chi connectivity index (χ0v) is 11.5. The van der Waals surface area contributed by atoms with E-state index in [9.17, 15) is 4.39 Å². The maximum atomic E-state index is 13.3. The molecule has 3 nitrogen and oxygen atoms in total. The Labute approximate surface area is 108 Å². The lowest BCUT2D eigenvalue weighted by molar-refractivity contribution is 0.291. The molecule has 0 aliphatic carbocycles. The zero-order valence-electron chi connectivity index (χ0n) is 11.5. The molecule has 2 rings (SSSR count). The zero-order chi connectivity index (χ0) is 13.2. The van der Waals surface area contributed by atoms with E-state index in [1.165, 1.54) is 19.0 Å². The van der Waals surface area contributed by atoms with Crippen molar-refractivity contribution in [2.75, 3.05) is 25.0 Å². The Balaban J connectivity index is 2.26. The third-order valence-corrected chi connectivity index (χ3v) is 3.48. The van der Waals surface area contributed by atoms with Gasteiger partial charge in [-0.15, -0.1) is 0 Å². The Morgan fingerprint density at radius 1 is 1.50 bits per heavy atom. The van der Waals surface area contributed by atoms with Crippen LogP contribution < -0.4 is 10.2 Å². The van der Waals surface area contributed by atoms with Crippen molar-refractivity contribution in [1.82, 2.24) is 10.3 Å². The first kappa shape index (κ1) is 13.3. The minimum Gasteiger partial charge on any atom is -0.356 e. The fourth-order valence-corrected chi connectivity index (χ4v) is 2.68. The molecular weight excluding hydrogens is 229 g/mol. The molecule has 1 fully saturated rings. The number of nitrogens with one attached hydrogen (secondary N) is 1. The van der Waals surface area contributed by atoms with E-state index < -0.39 is 0 Å². The topological polar surface area (TPSA) is 28.2 Å². The molecule has 1 saturated heterocycles. The van der Waals surface area contributed by atoms with Gasteiger partial charge in [-0.05, 0) is 31.4 Å². The fraction of sp³-hybridized carbons (Fsp3) is 0.643. The van der Waals surface area contributed by atoms with Crippen molar-refractivity contribution in [3.8, 4) is 0 Å². The van der Waals surface area contributed by atoms with Gasteiger partial charge in [0.05, 0.1) is 6.20 Å². The highest BCUT2D eigenvalue weighted by molar-refractivity contribution is 5.47. The van der Waals surface area contributed by atoms with E-state index in [0.717, 1.165) is 24.5 Å². The molecule has 0 atom stereocenters. The normalized spacial score (nSPS) is 19.0. The van der Waals surface area contributed by atoms with Crippen LogP contribution in [0.1, 0.15) is 32.3 Å². The summed E-state index contributed by atoms with van der Waals surface area (Å²) in [6, 6.07) is 1.58. The third-order valence-electron chi connectivity index (χ3n) is 3.48. The molecule has 1 aliphatic heterocycles. The molecule has 0 spiro atoms. The van der Waals surface area contributed by atoms with Crippen LogP contribution in [0.15, 0.2) is 12.3 Å².